The standard InChI is InChI=1S/C13H15ClN2O2S2/c1-2-11(12-4-3-7-19-12)16-20(17,18)13-8-9(15)5-6-10(13)14/h3-8,11,16H,2,15H2,1H3. The van der Waals surface area contributed by atoms with Crippen LogP contribution < -0.4 is 10.5 Å². The Morgan fingerprint density at radius 3 is 2.75 bits per heavy atom. The maximum Gasteiger partial charge on any atom is 0.242 e. The van der Waals surface area contributed by atoms with Gasteiger partial charge in [-0.2, -0.15) is 0 Å². The van der Waals surface area contributed by atoms with Gasteiger partial charge in [-0.25, -0.2) is 13.1 Å². The third-order valence-corrected chi connectivity index (χ3v) is 5.78. The Morgan fingerprint density at radius 2 is 2.15 bits per heavy atom. The molecule has 0 amide bonds. The Bertz CT molecular complexity index is 684. The molecule has 3 N–H and O–H groups in total. The molecule has 1 aromatic heterocycles. The quantitative estimate of drug-likeness (QED) is 0.825. The zero-order valence-electron chi connectivity index (χ0n) is 10.8. The van der Waals surface area contributed by atoms with Crippen LogP contribution in [0.15, 0.2) is 40.6 Å². The second-order valence-electron chi connectivity index (χ2n) is 4.29. The van der Waals surface area contributed by atoms with E-state index in [0.29, 0.717) is 12.1 Å². The van der Waals surface area contributed by atoms with Crippen LogP contribution in [-0.4, -0.2) is 8.42 Å². The lowest BCUT2D eigenvalue weighted by molar-refractivity contribution is 0.553. The molecule has 0 bridgehead atoms. The predicted molar refractivity (Wildman–Crippen MR) is 83.5 cm³/mol. The van der Waals surface area contributed by atoms with Crippen molar-refractivity contribution in [1.82, 2.24) is 4.72 Å². The highest BCUT2D eigenvalue weighted by Gasteiger charge is 2.23. The van der Waals surface area contributed by atoms with Crippen LogP contribution in [0.4, 0.5) is 5.69 Å². The number of sulfonamides is 1. The molecule has 20 heavy (non-hydrogen) atoms. The van der Waals surface area contributed by atoms with Crippen LogP contribution in [0, 0.1) is 0 Å². The number of halogens is 1. The SMILES string of the molecule is CCC(NS(=O)(=O)c1cc(N)ccc1Cl)c1cccs1. The van der Waals surface area contributed by atoms with E-state index in [2.05, 4.69) is 4.72 Å². The summed E-state index contributed by atoms with van der Waals surface area (Å²) in [5.74, 6) is 0. The van der Waals surface area contributed by atoms with Crippen molar-refractivity contribution in [2.24, 2.45) is 0 Å². The number of hydrogen-bond acceptors (Lipinski definition) is 4. The van der Waals surface area contributed by atoms with Gasteiger partial charge in [-0.05, 0) is 36.1 Å². The molecule has 2 rings (SSSR count). The van der Waals surface area contributed by atoms with Crippen LogP contribution in [0.3, 0.4) is 0 Å². The lowest BCUT2D eigenvalue weighted by atomic mass is 10.2. The van der Waals surface area contributed by atoms with E-state index in [1.165, 1.54) is 23.5 Å². The van der Waals surface area contributed by atoms with Gasteiger partial charge in [0.1, 0.15) is 4.90 Å². The summed E-state index contributed by atoms with van der Waals surface area (Å²) in [6, 6.07) is 7.95. The van der Waals surface area contributed by atoms with Crippen molar-refractivity contribution in [2.75, 3.05) is 5.73 Å². The molecule has 4 nitrogen and oxygen atoms in total. The van der Waals surface area contributed by atoms with E-state index >= 15 is 0 Å². The molecular weight excluding hydrogens is 316 g/mol. The molecule has 0 aliphatic rings. The average Bonchev–Trinajstić information content (AvgIpc) is 2.92. The zero-order chi connectivity index (χ0) is 14.8. The van der Waals surface area contributed by atoms with Gasteiger partial charge >= 0.3 is 0 Å². The molecule has 108 valence electrons. The van der Waals surface area contributed by atoms with E-state index in [9.17, 15) is 8.42 Å². The van der Waals surface area contributed by atoms with Gasteiger partial charge in [0.25, 0.3) is 0 Å². The first-order chi connectivity index (χ1) is 9.44. The summed E-state index contributed by atoms with van der Waals surface area (Å²) in [6.07, 6.45) is 0.652. The molecule has 0 fully saturated rings. The van der Waals surface area contributed by atoms with Crippen molar-refractivity contribution in [3.05, 3.63) is 45.6 Å². The molecule has 2 aromatic rings. The van der Waals surface area contributed by atoms with Crippen molar-refractivity contribution in [2.45, 2.75) is 24.3 Å². The maximum absolute atomic E-state index is 12.4. The Hall–Kier alpha value is -1.08. The second kappa shape index (κ2) is 6.13. The summed E-state index contributed by atoms with van der Waals surface area (Å²) >= 11 is 7.47. The normalized spacial score (nSPS) is 13.3. The molecule has 7 heteroatoms. The van der Waals surface area contributed by atoms with Gasteiger partial charge in [0, 0.05) is 10.6 Å². The van der Waals surface area contributed by atoms with E-state index in [1.54, 1.807) is 6.07 Å². The lowest BCUT2D eigenvalue weighted by Crippen LogP contribution is -2.28. The van der Waals surface area contributed by atoms with Crippen molar-refractivity contribution in [3.8, 4) is 0 Å². The second-order valence-corrected chi connectivity index (χ2v) is 7.36. The smallest absolute Gasteiger partial charge is 0.242 e. The van der Waals surface area contributed by atoms with Gasteiger partial charge in [0.15, 0.2) is 0 Å². The number of nitrogen functional groups attached to an aromatic ring is 1. The molecule has 0 spiro atoms. The summed E-state index contributed by atoms with van der Waals surface area (Å²) in [6.45, 7) is 1.92. The van der Waals surface area contributed by atoms with Crippen LogP contribution in [0.5, 0.6) is 0 Å². The summed E-state index contributed by atoms with van der Waals surface area (Å²) < 4.78 is 27.5. The van der Waals surface area contributed by atoms with E-state index < -0.39 is 10.0 Å². The van der Waals surface area contributed by atoms with Crippen LogP contribution in [0.25, 0.3) is 0 Å². The van der Waals surface area contributed by atoms with Crippen LogP contribution >= 0.6 is 22.9 Å². The number of benzene rings is 1. The van der Waals surface area contributed by atoms with Crippen LogP contribution in [0.2, 0.25) is 5.02 Å². The fraction of sp³-hybridized carbons (Fsp3) is 0.231. The largest absolute Gasteiger partial charge is 0.399 e. The van der Waals surface area contributed by atoms with Gasteiger partial charge in [-0.15, -0.1) is 11.3 Å². The van der Waals surface area contributed by atoms with Crippen molar-refractivity contribution >= 4 is 38.6 Å². The van der Waals surface area contributed by atoms with E-state index in [1.807, 2.05) is 24.4 Å². The first-order valence-corrected chi connectivity index (χ1v) is 8.79. The first-order valence-electron chi connectivity index (χ1n) is 6.05. The third kappa shape index (κ3) is 3.32. The highest BCUT2D eigenvalue weighted by molar-refractivity contribution is 7.89. The van der Waals surface area contributed by atoms with E-state index in [-0.39, 0.29) is 16.0 Å². The number of anilines is 1. The highest BCUT2D eigenvalue weighted by Crippen LogP contribution is 2.28. The fourth-order valence-electron chi connectivity index (χ4n) is 1.81. The zero-order valence-corrected chi connectivity index (χ0v) is 13.2. The summed E-state index contributed by atoms with van der Waals surface area (Å²) in [5, 5.41) is 2.08. The van der Waals surface area contributed by atoms with Gasteiger partial charge < -0.3 is 5.73 Å². The molecule has 1 aromatic carbocycles. The lowest BCUT2D eigenvalue weighted by Gasteiger charge is -2.16. The van der Waals surface area contributed by atoms with Crippen molar-refractivity contribution in [3.63, 3.8) is 0 Å². The number of hydrogen-bond donors (Lipinski definition) is 2. The average molecular weight is 331 g/mol. The van der Waals surface area contributed by atoms with E-state index in [0.717, 1.165) is 4.88 Å². The Morgan fingerprint density at radius 1 is 1.40 bits per heavy atom. The van der Waals surface area contributed by atoms with Gasteiger partial charge in [0.05, 0.1) is 11.1 Å². The summed E-state index contributed by atoms with van der Waals surface area (Å²) in [7, 11) is -3.71. The Kier molecular flexibility index (Phi) is 4.70. The molecule has 0 aliphatic carbocycles. The van der Waals surface area contributed by atoms with Crippen molar-refractivity contribution < 1.29 is 8.42 Å². The molecule has 1 atom stereocenters. The molecule has 0 saturated carbocycles. The Balaban J connectivity index is 2.33. The predicted octanol–water partition coefficient (Wildman–Crippen LogP) is 3.41. The summed E-state index contributed by atoms with van der Waals surface area (Å²) in [5.41, 5.74) is 5.99. The molecule has 1 heterocycles. The number of nitrogens with two attached hydrogens (primary N) is 1. The van der Waals surface area contributed by atoms with Crippen LogP contribution in [0.1, 0.15) is 24.3 Å². The minimum Gasteiger partial charge on any atom is -0.399 e. The first kappa shape index (κ1) is 15.3. The van der Waals surface area contributed by atoms with Gasteiger partial charge in [-0.1, -0.05) is 24.6 Å². The minimum absolute atomic E-state index is 0.00849. The van der Waals surface area contributed by atoms with Crippen molar-refractivity contribution in [1.29, 1.82) is 0 Å². The minimum atomic E-state index is -3.71. The van der Waals surface area contributed by atoms with Gasteiger partial charge in [0.2, 0.25) is 10.0 Å². The topological polar surface area (TPSA) is 72.2 Å². The monoisotopic (exact) mass is 330 g/mol. The molecule has 0 saturated heterocycles. The maximum atomic E-state index is 12.4. The Labute approximate surface area is 127 Å². The number of thiophene rings is 1. The van der Waals surface area contributed by atoms with Crippen LogP contribution in [-0.2, 0) is 10.0 Å². The highest BCUT2D eigenvalue weighted by atomic mass is 35.5. The van der Waals surface area contributed by atoms with Gasteiger partial charge in [-0.3, -0.25) is 0 Å². The molecule has 1 unspecified atom stereocenters. The molecule has 0 aliphatic heterocycles. The number of nitrogens with one attached hydrogen (secondary N) is 1. The number of rotatable bonds is 5. The fourth-order valence-corrected chi connectivity index (χ4v) is 4.58. The molecule has 0 radical (unpaired) electrons. The molecular formula is C13H15ClN2O2S2. The third-order valence-electron chi connectivity index (χ3n) is 2.84. The van der Waals surface area contributed by atoms with E-state index in [4.69, 9.17) is 17.3 Å². The summed E-state index contributed by atoms with van der Waals surface area (Å²) in [4.78, 5) is 0.977.